The first-order chi connectivity index (χ1) is 13.3. The molecule has 0 bridgehead atoms. The predicted octanol–water partition coefficient (Wildman–Crippen LogP) is 4.13. The van der Waals surface area contributed by atoms with Crippen molar-refractivity contribution < 1.29 is 19.3 Å². The molecule has 0 aromatic heterocycles. The van der Waals surface area contributed by atoms with E-state index in [1.165, 1.54) is 19.4 Å². The summed E-state index contributed by atoms with van der Waals surface area (Å²) in [6.45, 7) is 3.97. The molecular formula is C18H20N4O6. The number of nitro groups is 2. The van der Waals surface area contributed by atoms with Crippen molar-refractivity contribution in [1.82, 2.24) is 0 Å². The van der Waals surface area contributed by atoms with Crippen LogP contribution in [0.2, 0.25) is 0 Å². The van der Waals surface area contributed by atoms with Gasteiger partial charge in [-0.1, -0.05) is 6.92 Å². The van der Waals surface area contributed by atoms with E-state index >= 15 is 0 Å². The molecule has 2 aromatic carbocycles. The molecule has 0 radical (unpaired) electrons. The third-order valence-corrected chi connectivity index (χ3v) is 3.88. The number of hydrazone groups is 1. The van der Waals surface area contributed by atoms with E-state index in [1.807, 2.05) is 13.8 Å². The molecule has 0 heterocycles. The molecule has 28 heavy (non-hydrogen) atoms. The predicted molar refractivity (Wildman–Crippen MR) is 104 cm³/mol. The summed E-state index contributed by atoms with van der Waals surface area (Å²) in [5, 5.41) is 25.9. The van der Waals surface area contributed by atoms with Gasteiger partial charge in [0.2, 0.25) is 0 Å². The maximum atomic E-state index is 11.1. The van der Waals surface area contributed by atoms with Crippen LogP contribution in [0.15, 0.2) is 41.5 Å². The first-order valence-corrected chi connectivity index (χ1v) is 8.42. The molecule has 10 nitrogen and oxygen atoms in total. The number of nitrogens with zero attached hydrogens (tertiary/aromatic N) is 3. The highest BCUT2D eigenvalue weighted by atomic mass is 16.6. The summed E-state index contributed by atoms with van der Waals surface area (Å²) in [4.78, 5) is 20.5. The van der Waals surface area contributed by atoms with E-state index in [0.717, 1.165) is 18.6 Å². The van der Waals surface area contributed by atoms with Crippen molar-refractivity contribution in [1.29, 1.82) is 0 Å². The summed E-state index contributed by atoms with van der Waals surface area (Å²) in [5.41, 5.74) is 2.43. The van der Waals surface area contributed by atoms with Gasteiger partial charge in [-0.2, -0.15) is 5.10 Å². The maximum Gasteiger partial charge on any atom is 0.301 e. The standard InChI is InChI=1S/C18H20N4O6/c1-4-12(2)28-17-8-5-13(9-18(17)27-3)11-19-20-15-7-6-14(21(23)24)10-16(15)22(25)26/h5-12,20H,4H2,1-3H3/t12-/m0/s1. The number of anilines is 1. The summed E-state index contributed by atoms with van der Waals surface area (Å²) in [7, 11) is 1.53. The van der Waals surface area contributed by atoms with Crippen LogP contribution in [0.1, 0.15) is 25.8 Å². The SMILES string of the molecule is CC[C@H](C)Oc1ccc(C=NNc2ccc([N+](=O)[O-])cc2[N+](=O)[O-])cc1OC. The first kappa shape index (κ1) is 20.6. The van der Waals surface area contributed by atoms with E-state index in [0.29, 0.717) is 17.1 Å². The summed E-state index contributed by atoms with van der Waals surface area (Å²) in [5.74, 6) is 1.14. The van der Waals surface area contributed by atoms with Crippen LogP contribution in [0, 0.1) is 20.2 Å². The highest BCUT2D eigenvalue weighted by molar-refractivity contribution is 5.82. The largest absolute Gasteiger partial charge is 0.493 e. The van der Waals surface area contributed by atoms with Crippen molar-refractivity contribution in [2.75, 3.05) is 12.5 Å². The number of rotatable bonds is 9. The van der Waals surface area contributed by atoms with Gasteiger partial charge in [0.25, 0.3) is 5.69 Å². The first-order valence-electron chi connectivity index (χ1n) is 8.42. The highest BCUT2D eigenvalue weighted by Gasteiger charge is 2.19. The lowest BCUT2D eigenvalue weighted by molar-refractivity contribution is -0.393. The maximum absolute atomic E-state index is 11.1. The zero-order valence-electron chi connectivity index (χ0n) is 15.6. The molecule has 10 heteroatoms. The van der Waals surface area contributed by atoms with Gasteiger partial charge in [0.05, 0.1) is 35.3 Å². The number of nitro benzene ring substituents is 2. The Labute approximate surface area is 161 Å². The fourth-order valence-corrected chi connectivity index (χ4v) is 2.22. The van der Waals surface area contributed by atoms with Crippen LogP contribution in [0.25, 0.3) is 0 Å². The van der Waals surface area contributed by atoms with Gasteiger partial charge < -0.3 is 9.47 Å². The molecule has 2 rings (SSSR count). The molecule has 0 aliphatic heterocycles. The molecule has 1 N–H and O–H groups in total. The Morgan fingerprint density at radius 3 is 2.50 bits per heavy atom. The van der Waals surface area contributed by atoms with Crippen LogP contribution in [0.4, 0.5) is 17.1 Å². The average molecular weight is 388 g/mol. The highest BCUT2D eigenvalue weighted by Crippen LogP contribution is 2.30. The summed E-state index contributed by atoms with van der Waals surface area (Å²) < 4.78 is 11.1. The minimum absolute atomic E-state index is 0.0375. The molecule has 148 valence electrons. The number of benzene rings is 2. The van der Waals surface area contributed by atoms with Crippen molar-refractivity contribution in [2.24, 2.45) is 5.10 Å². The second-order valence-electron chi connectivity index (χ2n) is 5.83. The molecular weight excluding hydrogens is 368 g/mol. The average Bonchev–Trinajstić information content (AvgIpc) is 2.68. The number of nitrogens with one attached hydrogen (secondary N) is 1. The van der Waals surface area contributed by atoms with Crippen LogP contribution in [-0.2, 0) is 0 Å². The molecule has 0 saturated carbocycles. The number of ether oxygens (including phenoxy) is 2. The van der Waals surface area contributed by atoms with Crippen LogP contribution in [-0.4, -0.2) is 29.3 Å². The molecule has 0 aliphatic carbocycles. The molecule has 0 unspecified atom stereocenters. The van der Waals surface area contributed by atoms with Crippen molar-refractivity contribution in [3.63, 3.8) is 0 Å². The fourth-order valence-electron chi connectivity index (χ4n) is 2.22. The lowest BCUT2D eigenvalue weighted by Gasteiger charge is -2.15. The lowest BCUT2D eigenvalue weighted by Crippen LogP contribution is -2.10. The third kappa shape index (κ3) is 5.16. The zero-order chi connectivity index (χ0) is 20.7. The minimum Gasteiger partial charge on any atom is -0.493 e. The van der Waals surface area contributed by atoms with E-state index in [-0.39, 0.29) is 17.5 Å². The Hall–Kier alpha value is -3.69. The van der Waals surface area contributed by atoms with Gasteiger partial charge in [-0.15, -0.1) is 0 Å². The van der Waals surface area contributed by atoms with Gasteiger partial charge in [0, 0.05) is 6.07 Å². The number of hydrogen-bond acceptors (Lipinski definition) is 8. The van der Waals surface area contributed by atoms with E-state index in [4.69, 9.17) is 9.47 Å². The third-order valence-electron chi connectivity index (χ3n) is 3.88. The van der Waals surface area contributed by atoms with E-state index in [9.17, 15) is 20.2 Å². The molecule has 1 atom stereocenters. The van der Waals surface area contributed by atoms with Gasteiger partial charge in [0.1, 0.15) is 5.69 Å². The van der Waals surface area contributed by atoms with Crippen LogP contribution >= 0.6 is 0 Å². The second kappa shape index (κ2) is 9.31. The fraction of sp³-hybridized carbons (Fsp3) is 0.278. The topological polar surface area (TPSA) is 129 Å². The quantitative estimate of drug-likeness (QED) is 0.388. The Morgan fingerprint density at radius 1 is 1.14 bits per heavy atom. The lowest BCUT2D eigenvalue weighted by atomic mass is 10.2. The molecule has 0 amide bonds. The summed E-state index contributed by atoms with van der Waals surface area (Å²) in [6.07, 6.45) is 2.34. The molecule has 0 fully saturated rings. The van der Waals surface area contributed by atoms with Crippen LogP contribution in [0.5, 0.6) is 11.5 Å². The number of hydrogen-bond donors (Lipinski definition) is 1. The monoisotopic (exact) mass is 388 g/mol. The van der Waals surface area contributed by atoms with Gasteiger partial charge in [0.15, 0.2) is 11.5 Å². The van der Waals surface area contributed by atoms with Gasteiger partial charge in [-0.05, 0) is 43.2 Å². The van der Waals surface area contributed by atoms with Gasteiger partial charge in [-0.25, -0.2) is 0 Å². The molecule has 0 spiro atoms. The minimum atomic E-state index is -0.713. The summed E-state index contributed by atoms with van der Waals surface area (Å²) >= 11 is 0. The van der Waals surface area contributed by atoms with E-state index < -0.39 is 15.5 Å². The number of non-ortho nitro benzene ring substituents is 1. The molecule has 0 saturated heterocycles. The Balaban J connectivity index is 2.18. The smallest absolute Gasteiger partial charge is 0.301 e. The van der Waals surface area contributed by atoms with Gasteiger partial charge >= 0.3 is 5.69 Å². The Morgan fingerprint density at radius 2 is 1.89 bits per heavy atom. The van der Waals surface area contributed by atoms with Crippen LogP contribution in [0.3, 0.4) is 0 Å². The van der Waals surface area contributed by atoms with Crippen molar-refractivity contribution >= 4 is 23.3 Å². The van der Waals surface area contributed by atoms with Gasteiger partial charge in [-0.3, -0.25) is 25.7 Å². The molecule has 2 aromatic rings. The normalized spacial score (nSPS) is 11.8. The summed E-state index contributed by atoms with van der Waals surface area (Å²) in [6, 6.07) is 8.50. The Kier molecular flexibility index (Phi) is 6.85. The van der Waals surface area contributed by atoms with Crippen LogP contribution < -0.4 is 14.9 Å². The van der Waals surface area contributed by atoms with Crippen molar-refractivity contribution in [3.8, 4) is 11.5 Å². The zero-order valence-corrected chi connectivity index (χ0v) is 15.6. The van der Waals surface area contributed by atoms with E-state index in [1.54, 1.807) is 18.2 Å². The van der Waals surface area contributed by atoms with Crippen molar-refractivity contribution in [3.05, 3.63) is 62.2 Å². The second-order valence-corrected chi connectivity index (χ2v) is 5.83. The number of methoxy groups -OCH3 is 1. The van der Waals surface area contributed by atoms with Crippen molar-refractivity contribution in [2.45, 2.75) is 26.4 Å². The Bertz CT molecular complexity index is 900. The van der Waals surface area contributed by atoms with E-state index in [2.05, 4.69) is 10.5 Å². The molecule has 0 aliphatic rings.